The minimum Gasteiger partial charge on any atom is -0.491 e. The SMILES string of the molecule is Cc1ccccc1OCC(C)N1CC(CS(=O)(=O)F)CC1=O. The largest absolute Gasteiger partial charge is 0.491 e. The highest BCUT2D eigenvalue weighted by molar-refractivity contribution is 7.86. The van der Waals surface area contributed by atoms with Crippen molar-refractivity contribution in [1.29, 1.82) is 0 Å². The molecule has 0 bridgehead atoms. The predicted molar refractivity (Wildman–Crippen MR) is 80.9 cm³/mol. The fourth-order valence-electron chi connectivity index (χ4n) is 2.65. The number of benzene rings is 1. The second-order valence-corrected chi connectivity index (χ2v) is 7.16. The Labute approximate surface area is 130 Å². The van der Waals surface area contributed by atoms with Crippen molar-refractivity contribution in [2.75, 3.05) is 18.9 Å². The van der Waals surface area contributed by atoms with E-state index in [2.05, 4.69) is 0 Å². The van der Waals surface area contributed by atoms with Crippen LogP contribution in [-0.2, 0) is 15.0 Å². The lowest BCUT2D eigenvalue weighted by Crippen LogP contribution is -2.38. The van der Waals surface area contributed by atoms with Gasteiger partial charge in [0.1, 0.15) is 12.4 Å². The standard InChI is InChI=1S/C15H20FNO4S/c1-11-5-3-4-6-14(11)21-9-12(2)17-8-13(7-15(17)18)10-22(16,19)20/h3-6,12-13H,7-10H2,1-2H3. The summed E-state index contributed by atoms with van der Waals surface area (Å²) in [4.78, 5) is 13.5. The third-order valence-corrected chi connectivity index (χ3v) is 4.65. The van der Waals surface area contributed by atoms with Crippen LogP contribution in [0, 0.1) is 12.8 Å². The number of ether oxygens (including phenoxy) is 1. The van der Waals surface area contributed by atoms with Gasteiger partial charge in [-0.3, -0.25) is 4.79 Å². The fourth-order valence-corrected chi connectivity index (χ4v) is 3.43. The van der Waals surface area contributed by atoms with Crippen LogP contribution in [0.4, 0.5) is 3.89 Å². The van der Waals surface area contributed by atoms with Crippen LogP contribution in [0.25, 0.3) is 0 Å². The third kappa shape index (κ3) is 4.43. The second kappa shape index (κ2) is 6.64. The Bertz CT molecular complexity index is 647. The number of para-hydroxylation sites is 1. The molecule has 0 saturated carbocycles. The van der Waals surface area contributed by atoms with Gasteiger partial charge in [-0.15, -0.1) is 3.89 Å². The Morgan fingerprint density at radius 2 is 2.09 bits per heavy atom. The number of nitrogens with zero attached hydrogens (tertiary/aromatic N) is 1. The van der Waals surface area contributed by atoms with E-state index < -0.39 is 21.9 Å². The van der Waals surface area contributed by atoms with Crippen LogP contribution in [0.15, 0.2) is 24.3 Å². The Balaban J connectivity index is 1.91. The molecule has 1 fully saturated rings. The molecular formula is C15H20FNO4S. The lowest BCUT2D eigenvalue weighted by Gasteiger charge is -2.25. The minimum absolute atomic E-state index is 0.0673. The molecule has 2 atom stereocenters. The summed E-state index contributed by atoms with van der Waals surface area (Å²) in [6.45, 7) is 4.33. The van der Waals surface area contributed by atoms with E-state index in [9.17, 15) is 17.1 Å². The van der Waals surface area contributed by atoms with E-state index >= 15 is 0 Å². The van der Waals surface area contributed by atoms with Crippen molar-refractivity contribution in [3.8, 4) is 5.75 Å². The highest BCUT2D eigenvalue weighted by Gasteiger charge is 2.35. The van der Waals surface area contributed by atoms with E-state index in [0.717, 1.165) is 11.3 Å². The van der Waals surface area contributed by atoms with E-state index in [-0.39, 0.29) is 24.9 Å². The molecule has 2 unspecified atom stereocenters. The van der Waals surface area contributed by atoms with E-state index in [0.29, 0.717) is 6.61 Å². The average Bonchev–Trinajstić information content (AvgIpc) is 2.76. The number of likely N-dealkylation sites (tertiary alicyclic amines) is 1. The van der Waals surface area contributed by atoms with Gasteiger partial charge >= 0.3 is 10.2 Å². The van der Waals surface area contributed by atoms with Gasteiger partial charge in [0.25, 0.3) is 0 Å². The Kier molecular flexibility index (Phi) is 5.05. The Hall–Kier alpha value is -1.63. The van der Waals surface area contributed by atoms with Crippen LogP contribution in [-0.4, -0.2) is 44.2 Å². The van der Waals surface area contributed by atoms with Crippen molar-refractivity contribution in [1.82, 2.24) is 4.90 Å². The van der Waals surface area contributed by atoms with Crippen LogP contribution < -0.4 is 4.74 Å². The zero-order chi connectivity index (χ0) is 16.3. The fraction of sp³-hybridized carbons (Fsp3) is 0.533. The molecule has 0 aromatic heterocycles. The highest BCUT2D eigenvalue weighted by Crippen LogP contribution is 2.23. The number of hydrogen-bond acceptors (Lipinski definition) is 4. The third-order valence-electron chi connectivity index (χ3n) is 3.78. The van der Waals surface area contributed by atoms with Crippen LogP contribution in [0.2, 0.25) is 0 Å². The van der Waals surface area contributed by atoms with Gasteiger partial charge in [-0.25, -0.2) is 0 Å². The van der Waals surface area contributed by atoms with Gasteiger partial charge in [0.15, 0.2) is 0 Å². The van der Waals surface area contributed by atoms with Crippen molar-refractivity contribution in [2.45, 2.75) is 26.3 Å². The molecule has 22 heavy (non-hydrogen) atoms. The van der Waals surface area contributed by atoms with Gasteiger partial charge in [0, 0.05) is 18.9 Å². The smallest absolute Gasteiger partial charge is 0.302 e. The summed E-state index contributed by atoms with van der Waals surface area (Å²) in [5.41, 5.74) is 1.00. The van der Waals surface area contributed by atoms with Gasteiger partial charge in [-0.2, -0.15) is 8.42 Å². The number of hydrogen-bond donors (Lipinski definition) is 0. The minimum atomic E-state index is -4.55. The highest BCUT2D eigenvalue weighted by atomic mass is 32.3. The molecule has 1 aromatic rings. The van der Waals surface area contributed by atoms with E-state index in [1.165, 1.54) is 0 Å². The summed E-state index contributed by atoms with van der Waals surface area (Å²) in [5, 5.41) is 0. The summed E-state index contributed by atoms with van der Waals surface area (Å²) >= 11 is 0. The van der Waals surface area contributed by atoms with E-state index in [1.807, 2.05) is 38.1 Å². The van der Waals surface area contributed by atoms with Gasteiger partial charge < -0.3 is 9.64 Å². The molecule has 122 valence electrons. The molecule has 5 nitrogen and oxygen atoms in total. The first-order chi connectivity index (χ1) is 10.3. The predicted octanol–water partition coefficient (Wildman–Crippen LogP) is 1.91. The van der Waals surface area contributed by atoms with Crippen LogP contribution in [0.1, 0.15) is 18.9 Å². The van der Waals surface area contributed by atoms with Crippen molar-refractivity contribution in [2.24, 2.45) is 5.92 Å². The summed E-state index contributed by atoms with van der Waals surface area (Å²) in [6, 6.07) is 7.38. The maximum absolute atomic E-state index is 12.7. The number of carbonyl (C=O) groups is 1. The van der Waals surface area contributed by atoms with Gasteiger partial charge in [-0.1, -0.05) is 18.2 Å². The number of aryl methyl sites for hydroxylation is 1. The molecule has 1 aromatic carbocycles. The lowest BCUT2D eigenvalue weighted by atomic mass is 10.1. The monoisotopic (exact) mass is 329 g/mol. The lowest BCUT2D eigenvalue weighted by molar-refractivity contribution is -0.129. The molecule has 0 radical (unpaired) electrons. The molecule has 0 aliphatic carbocycles. The zero-order valence-corrected chi connectivity index (χ0v) is 13.5. The van der Waals surface area contributed by atoms with Crippen LogP contribution >= 0.6 is 0 Å². The van der Waals surface area contributed by atoms with Crippen molar-refractivity contribution >= 4 is 16.1 Å². The first kappa shape index (κ1) is 16.7. The van der Waals surface area contributed by atoms with Crippen molar-refractivity contribution in [3.05, 3.63) is 29.8 Å². The van der Waals surface area contributed by atoms with Gasteiger partial charge in [0.2, 0.25) is 5.91 Å². The first-order valence-electron chi connectivity index (χ1n) is 7.16. The number of rotatable bonds is 6. The molecule has 7 heteroatoms. The normalized spacial score (nSPS) is 20.2. The topological polar surface area (TPSA) is 63.7 Å². The molecular weight excluding hydrogens is 309 g/mol. The molecule has 1 saturated heterocycles. The Morgan fingerprint density at radius 1 is 1.41 bits per heavy atom. The summed E-state index contributed by atoms with van der Waals surface area (Å²) in [5.74, 6) is -0.484. The maximum Gasteiger partial charge on any atom is 0.302 e. The number of halogens is 1. The van der Waals surface area contributed by atoms with Crippen molar-refractivity contribution in [3.63, 3.8) is 0 Å². The molecule has 0 spiro atoms. The van der Waals surface area contributed by atoms with Gasteiger partial charge in [-0.05, 0) is 25.5 Å². The summed E-state index contributed by atoms with van der Waals surface area (Å²) < 4.78 is 39.8. The quantitative estimate of drug-likeness (QED) is 0.748. The molecule has 1 heterocycles. The average molecular weight is 329 g/mol. The zero-order valence-electron chi connectivity index (χ0n) is 12.7. The van der Waals surface area contributed by atoms with E-state index in [4.69, 9.17) is 4.74 Å². The van der Waals surface area contributed by atoms with Crippen LogP contribution in [0.3, 0.4) is 0 Å². The number of carbonyl (C=O) groups excluding carboxylic acids is 1. The number of amides is 1. The molecule has 1 aliphatic rings. The molecule has 2 rings (SSSR count). The van der Waals surface area contributed by atoms with Crippen LogP contribution in [0.5, 0.6) is 5.75 Å². The maximum atomic E-state index is 12.7. The summed E-state index contributed by atoms with van der Waals surface area (Å²) in [6.07, 6.45) is 0.0673. The van der Waals surface area contributed by atoms with E-state index in [1.54, 1.807) is 4.90 Å². The molecule has 0 N–H and O–H groups in total. The van der Waals surface area contributed by atoms with Crippen molar-refractivity contribution < 1.29 is 21.8 Å². The second-order valence-electron chi connectivity index (χ2n) is 5.75. The Morgan fingerprint density at radius 3 is 2.73 bits per heavy atom. The molecule has 1 aliphatic heterocycles. The van der Waals surface area contributed by atoms with Gasteiger partial charge in [0.05, 0.1) is 11.8 Å². The molecule has 1 amide bonds. The summed E-state index contributed by atoms with van der Waals surface area (Å²) in [7, 11) is -4.55. The first-order valence-corrected chi connectivity index (χ1v) is 8.72.